The minimum absolute atomic E-state index is 0.0902. The average molecular weight is 367 g/mol. The van der Waals surface area contributed by atoms with Crippen LogP contribution in [-0.2, 0) is 6.54 Å². The molecule has 3 rings (SSSR count). The van der Waals surface area contributed by atoms with Gasteiger partial charge in [-0.25, -0.2) is 0 Å². The van der Waals surface area contributed by atoms with E-state index in [1.54, 1.807) is 29.4 Å². The molecule has 0 aliphatic rings. The highest BCUT2D eigenvalue weighted by atomic mass is 32.1. The molecule has 0 aliphatic heterocycles. The molecule has 0 saturated heterocycles. The number of anilines is 1. The number of ether oxygens (including phenoxy) is 2. The molecule has 0 spiro atoms. The molecule has 0 fully saturated rings. The highest BCUT2D eigenvalue weighted by Gasteiger charge is 2.22. The van der Waals surface area contributed by atoms with Gasteiger partial charge in [0.1, 0.15) is 11.5 Å². The van der Waals surface area contributed by atoms with Gasteiger partial charge in [-0.2, -0.15) is 0 Å². The van der Waals surface area contributed by atoms with Crippen molar-refractivity contribution in [2.24, 2.45) is 0 Å². The lowest BCUT2D eigenvalue weighted by Crippen LogP contribution is -2.30. The maximum Gasteiger partial charge on any atom is 0.262 e. The van der Waals surface area contributed by atoms with E-state index in [2.05, 4.69) is 0 Å². The molecular weight excluding hydrogens is 346 g/mol. The van der Waals surface area contributed by atoms with Crippen LogP contribution in [-0.4, -0.2) is 19.6 Å². The number of nitrogens with zero attached hydrogens (tertiary/aromatic N) is 1. The van der Waals surface area contributed by atoms with Crippen LogP contribution < -0.4 is 14.4 Å². The minimum atomic E-state index is -0.0902. The molecular formula is C21H21NO3S. The molecule has 5 heteroatoms. The Morgan fingerprint density at radius 3 is 2.46 bits per heavy atom. The Kier molecular flexibility index (Phi) is 5.92. The van der Waals surface area contributed by atoms with Gasteiger partial charge in [-0.05, 0) is 54.8 Å². The zero-order chi connectivity index (χ0) is 18.4. The van der Waals surface area contributed by atoms with Gasteiger partial charge in [-0.3, -0.25) is 4.79 Å². The zero-order valence-corrected chi connectivity index (χ0v) is 15.7. The van der Waals surface area contributed by atoms with Crippen LogP contribution in [0.5, 0.6) is 11.5 Å². The third kappa shape index (κ3) is 4.06. The van der Waals surface area contributed by atoms with E-state index in [-0.39, 0.29) is 5.91 Å². The molecule has 0 aliphatic carbocycles. The van der Waals surface area contributed by atoms with E-state index in [9.17, 15) is 4.79 Å². The van der Waals surface area contributed by atoms with Crippen LogP contribution in [0.3, 0.4) is 0 Å². The number of rotatable bonds is 7. The number of thiophene rings is 1. The molecule has 2 aromatic carbocycles. The lowest BCUT2D eigenvalue weighted by atomic mass is 10.1. The van der Waals surface area contributed by atoms with Crippen molar-refractivity contribution in [3.8, 4) is 11.5 Å². The number of amides is 1. The van der Waals surface area contributed by atoms with E-state index < -0.39 is 0 Å². The van der Waals surface area contributed by atoms with Gasteiger partial charge in [0.25, 0.3) is 5.91 Å². The molecule has 0 saturated carbocycles. The van der Waals surface area contributed by atoms with E-state index in [0.717, 1.165) is 16.3 Å². The summed E-state index contributed by atoms with van der Waals surface area (Å²) in [5, 5.41) is 2.01. The van der Waals surface area contributed by atoms with Gasteiger partial charge >= 0.3 is 0 Å². The first-order valence-corrected chi connectivity index (χ1v) is 9.31. The summed E-state index contributed by atoms with van der Waals surface area (Å²) in [5.41, 5.74) is 1.37. The molecule has 0 radical (unpaired) electrons. The van der Waals surface area contributed by atoms with Gasteiger partial charge < -0.3 is 14.4 Å². The highest BCUT2D eigenvalue weighted by molar-refractivity contribution is 7.09. The van der Waals surface area contributed by atoms with Crippen LogP contribution in [0.25, 0.3) is 0 Å². The van der Waals surface area contributed by atoms with E-state index in [0.29, 0.717) is 24.5 Å². The highest BCUT2D eigenvalue weighted by Crippen LogP contribution is 2.27. The number of hydrogen-bond acceptors (Lipinski definition) is 4. The van der Waals surface area contributed by atoms with Crippen LogP contribution in [0.2, 0.25) is 0 Å². The lowest BCUT2D eigenvalue weighted by Gasteiger charge is -2.23. The third-order valence-corrected chi connectivity index (χ3v) is 4.80. The average Bonchev–Trinajstić information content (AvgIpc) is 3.20. The quantitative estimate of drug-likeness (QED) is 0.590. The number of hydrogen-bond donors (Lipinski definition) is 0. The Labute approximate surface area is 157 Å². The largest absolute Gasteiger partial charge is 0.497 e. The summed E-state index contributed by atoms with van der Waals surface area (Å²) in [6, 6.07) is 18.9. The molecule has 134 valence electrons. The van der Waals surface area contributed by atoms with Crippen molar-refractivity contribution in [3.63, 3.8) is 0 Å². The van der Waals surface area contributed by atoms with Crippen LogP contribution in [0.15, 0.2) is 66.0 Å². The fourth-order valence-corrected chi connectivity index (χ4v) is 3.36. The van der Waals surface area contributed by atoms with Crippen molar-refractivity contribution in [2.45, 2.75) is 13.5 Å². The van der Waals surface area contributed by atoms with Gasteiger partial charge in [0, 0.05) is 10.6 Å². The number of carbonyl (C=O) groups excluding carboxylic acids is 1. The Bertz CT molecular complexity index is 844. The molecule has 0 atom stereocenters. The van der Waals surface area contributed by atoms with Crippen molar-refractivity contribution in [3.05, 3.63) is 76.5 Å². The van der Waals surface area contributed by atoms with Gasteiger partial charge in [0.15, 0.2) is 0 Å². The van der Waals surface area contributed by atoms with Crippen LogP contribution in [0.1, 0.15) is 22.2 Å². The SMILES string of the molecule is CCOc1ccccc1C(=O)N(Cc1cccs1)c1ccc(OC)cc1. The van der Waals surface area contributed by atoms with Crippen molar-refractivity contribution >= 4 is 22.9 Å². The molecule has 0 unspecified atom stereocenters. The molecule has 4 nitrogen and oxygen atoms in total. The van der Waals surface area contributed by atoms with Crippen LogP contribution in [0.4, 0.5) is 5.69 Å². The normalized spacial score (nSPS) is 10.4. The molecule has 1 amide bonds. The molecule has 0 N–H and O–H groups in total. The Morgan fingerprint density at radius 1 is 1.04 bits per heavy atom. The molecule has 0 bridgehead atoms. The summed E-state index contributed by atoms with van der Waals surface area (Å²) in [4.78, 5) is 16.2. The summed E-state index contributed by atoms with van der Waals surface area (Å²) in [7, 11) is 1.63. The second-order valence-electron chi connectivity index (χ2n) is 5.60. The second-order valence-corrected chi connectivity index (χ2v) is 6.63. The van der Waals surface area contributed by atoms with Gasteiger partial charge in [-0.1, -0.05) is 18.2 Å². The van der Waals surface area contributed by atoms with Crippen molar-refractivity contribution in [1.82, 2.24) is 0 Å². The second kappa shape index (κ2) is 8.54. The van der Waals surface area contributed by atoms with Crippen LogP contribution in [0, 0.1) is 0 Å². The predicted octanol–water partition coefficient (Wildman–Crippen LogP) is 5.00. The predicted molar refractivity (Wildman–Crippen MR) is 105 cm³/mol. The number of methoxy groups -OCH3 is 1. The van der Waals surface area contributed by atoms with Crippen molar-refractivity contribution in [2.75, 3.05) is 18.6 Å². The lowest BCUT2D eigenvalue weighted by molar-refractivity contribution is 0.0981. The first-order chi connectivity index (χ1) is 12.7. The number of para-hydroxylation sites is 1. The molecule has 3 aromatic rings. The smallest absolute Gasteiger partial charge is 0.262 e. The van der Waals surface area contributed by atoms with E-state index in [1.165, 1.54) is 0 Å². The topological polar surface area (TPSA) is 38.8 Å². The molecule has 1 heterocycles. The van der Waals surface area contributed by atoms with Gasteiger partial charge in [-0.15, -0.1) is 11.3 Å². The Balaban J connectivity index is 1.97. The maximum atomic E-state index is 13.3. The van der Waals surface area contributed by atoms with E-state index >= 15 is 0 Å². The van der Waals surface area contributed by atoms with Gasteiger partial charge in [0.05, 0.1) is 25.8 Å². The first-order valence-electron chi connectivity index (χ1n) is 8.43. The first kappa shape index (κ1) is 18.0. The Hall–Kier alpha value is -2.79. The monoisotopic (exact) mass is 367 g/mol. The standard InChI is InChI=1S/C21H21NO3S/c1-3-25-20-9-5-4-8-19(20)21(23)22(15-18-7-6-14-26-18)16-10-12-17(24-2)13-11-16/h4-14H,3,15H2,1-2H3. The van der Waals surface area contributed by atoms with Gasteiger partial charge in [0.2, 0.25) is 0 Å². The summed E-state index contributed by atoms with van der Waals surface area (Å²) in [5.74, 6) is 1.27. The maximum absolute atomic E-state index is 13.3. The van der Waals surface area contributed by atoms with Crippen molar-refractivity contribution < 1.29 is 14.3 Å². The number of benzene rings is 2. The molecule has 26 heavy (non-hydrogen) atoms. The fraction of sp³-hybridized carbons (Fsp3) is 0.190. The third-order valence-electron chi connectivity index (χ3n) is 3.94. The Morgan fingerprint density at radius 2 is 1.81 bits per heavy atom. The fourth-order valence-electron chi connectivity index (χ4n) is 2.67. The summed E-state index contributed by atoms with van der Waals surface area (Å²) < 4.78 is 10.9. The molecule has 1 aromatic heterocycles. The summed E-state index contributed by atoms with van der Waals surface area (Å²) >= 11 is 1.63. The minimum Gasteiger partial charge on any atom is -0.497 e. The summed E-state index contributed by atoms with van der Waals surface area (Å²) in [6.45, 7) is 2.93. The van der Waals surface area contributed by atoms with Crippen LogP contribution >= 0.6 is 11.3 Å². The number of carbonyl (C=O) groups is 1. The summed E-state index contributed by atoms with van der Waals surface area (Å²) in [6.07, 6.45) is 0. The zero-order valence-electron chi connectivity index (χ0n) is 14.8. The van der Waals surface area contributed by atoms with E-state index in [4.69, 9.17) is 9.47 Å². The van der Waals surface area contributed by atoms with E-state index in [1.807, 2.05) is 66.9 Å². The van der Waals surface area contributed by atoms with Crippen molar-refractivity contribution in [1.29, 1.82) is 0 Å².